The largest absolute Gasteiger partial charge is 0.439 e. The topological polar surface area (TPSA) is 53.1 Å². The molecule has 164 valence electrons. The van der Waals surface area contributed by atoms with E-state index in [1.165, 1.54) is 0 Å². The minimum atomic E-state index is -0.353. The molecule has 31 heavy (non-hydrogen) atoms. The van der Waals surface area contributed by atoms with Crippen molar-refractivity contribution in [3.63, 3.8) is 0 Å². The smallest absolute Gasteiger partial charge is 0.415 e. The van der Waals surface area contributed by atoms with Gasteiger partial charge in [-0.2, -0.15) is 0 Å². The van der Waals surface area contributed by atoms with Crippen LogP contribution in [0.1, 0.15) is 37.0 Å². The Kier molecular flexibility index (Phi) is 5.26. The molecule has 0 N–H and O–H groups in total. The maximum absolute atomic E-state index is 12.8. The van der Waals surface area contributed by atoms with E-state index in [1.54, 1.807) is 16.2 Å². The lowest BCUT2D eigenvalue weighted by atomic mass is 9.75. The van der Waals surface area contributed by atoms with Crippen LogP contribution in [-0.4, -0.2) is 66.7 Å². The molecule has 7 heteroatoms. The number of nitrogens with zero attached hydrogens (tertiary/aromatic N) is 3. The average molecular weight is 440 g/mol. The zero-order chi connectivity index (χ0) is 21.6. The molecule has 4 saturated heterocycles. The van der Waals surface area contributed by atoms with Crippen molar-refractivity contribution in [2.24, 2.45) is 5.92 Å². The predicted octanol–water partition coefficient (Wildman–Crippen LogP) is 4.32. The van der Waals surface area contributed by atoms with Gasteiger partial charge in [0, 0.05) is 36.0 Å². The van der Waals surface area contributed by atoms with Crippen LogP contribution in [0.15, 0.2) is 36.4 Å². The van der Waals surface area contributed by atoms with E-state index in [0.717, 1.165) is 47.9 Å². The summed E-state index contributed by atoms with van der Waals surface area (Å²) in [5, 5.41) is 0.911. The first-order valence-corrected chi connectivity index (χ1v) is 12.1. The molecule has 4 fully saturated rings. The highest BCUT2D eigenvalue weighted by Crippen LogP contribution is 2.45. The number of anilines is 1. The second kappa shape index (κ2) is 7.95. The molecule has 6 rings (SSSR count). The minimum Gasteiger partial charge on any atom is -0.439 e. The van der Waals surface area contributed by atoms with Crippen LogP contribution < -0.4 is 4.90 Å². The van der Waals surface area contributed by atoms with Crippen LogP contribution in [0.5, 0.6) is 0 Å². The lowest BCUT2D eigenvalue weighted by molar-refractivity contribution is -0.0881. The second-order valence-corrected chi connectivity index (χ2v) is 9.83. The average Bonchev–Trinajstić information content (AvgIpc) is 3.40. The van der Waals surface area contributed by atoms with Crippen molar-refractivity contribution in [1.82, 2.24) is 9.80 Å². The number of hydrogen-bond acceptors (Lipinski definition) is 5. The highest BCUT2D eigenvalue weighted by molar-refractivity contribution is 7.19. The number of piperidine rings is 3. The standard InChI is InChI=1S/C24H29N3O3S/c1-3-26(4-2)22(28)18-7-5-6-17(14-18)20-8-9-21(31-20)27-16-24(30-23(27)29)15-25-12-10-19(24)11-13-25/h5-9,14,19H,3-4,10-13,15-16H2,1-2H3/t24-/m0/s1. The summed E-state index contributed by atoms with van der Waals surface area (Å²) in [6.07, 6.45) is 2.00. The number of ether oxygens (including phenoxy) is 1. The lowest BCUT2D eigenvalue weighted by Gasteiger charge is -2.49. The van der Waals surface area contributed by atoms with Crippen molar-refractivity contribution in [1.29, 1.82) is 0 Å². The molecular formula is C24H29N3O3S. The maximum atomic E-state index is 12.8. The van der Waals surface area contributed by atoms with Gasteiger partial charge < -0.3 is 9.64 Å². The summed E-state index contributed by atoms with van der Waals surface area (Å²) in [6, 6.07) is 11.8. The molecule has 5 heterocycles. The fraction of sp³-hybridized carbons (Fsp3) is 0.500. The third-order valence-corrected chi connectivity index (χ3v) is 8.22. The summed E-state index contributed by atoms with van der Waals surface area (Å²) >= 11 is 1.58. The summed E-state index contributed by atoms with van der Waals surface area (Å²) in [5.41, 5.74) is 1.34. The van der Waals surface area contributed by atoms with Crippen molar-refractivity contribution in [3.8, 4) is 10.4 Å². The van der Waals surface area contributed by atoms with Crippen LogP contribution in [0.4, 0.5) is 9.80 Å². The summed E-state index contributed by atoms with van der Waals surface area (Å²) < 4.78 is 6.01. The molecule has 4 aliphatic heterocycles. The minimum absolute atomic E-state index is 0.0519. The van der Waals surface area contributed by atoms with E-state index < -0.39 is 0 Å². The highest BCUT2D eigenvalue weighted by atomic mass is 32.1. The van der Waals surface area contributed by atoms with Crippen molar-refractivity contribution >= 4 is 28.3 Å². The monoisotopic (exact) mass is 439 g/mol. The second-order valence-electron chi connectivity index (χ2n) is 8.77. The van der Waals surface area contributed by atoms with Gasteiger partial charge in [0.05, 0.1) is 6.54 Å². The van der Waals surface area contributed by atoms with Crippen LogP contribution in [0, 0.1) is 5.92 Å². The van der Waals surface area contributed by atoms with Crippen molar-refractivity contribution in [2.45, 2.75) is 32.3 Å². The maximum Gasteiger partial charge on any atom is 0.415 e. The van der Waals surface area contributed by atoms with Crippen LogP contribution in [0.3, 0.4) is 0 Å². The van der Waals surface area contributed by atoms with E-state index in [9.17, 15) is 9.59 Å². The van der Waals surface area contributed by atoms with Gasteiger partial charge in [0.25, 0.3) is 5.91 Å². The molecule has 1 spiro atoms. The molecule has 6 nitrogen and oxygen atoms in total. The molecular weight excluding hydrogens is 410 g/mol. The Morgan fingerprint density at radius 2 is 1.94 bits per heavy atom. The number of thiophene rings is 1. The molecule has 1 aromatic carbocycles. The number of carbonyl (C=O) groups is 2. The zero-order valence-corrected chi connectivity index (χ0v) is 19.0. The van der Waals surface area contributed by atoms with Gasteiger partial charge in [0.1, 0.15) is 10.6 Å². The van der Waals surface area contributed by atoms with E-state index in [1.807, 2.05) is 55.1 Å². The van der Waals surface area contributed by atoms with Gasteiger partial charge in [0.15, 0.2) is 0 Å². The highest BCUT2D eigenvalue weighted by Gasteiger charge is 2.55. The van der Waals surface area contributed by atoms with E-state index in [2.05, 4.69) is 4.90 Å². The van der Waals surface area contributed by atoms with Crippen molar-refractivity contribution in [3.05, 3.63) is 42.0 Å². The first-order valence-electron chi connectivity index (χ1n) is 11.3. The number of carbonyl (C=O) groups excluding carboxylic acids is 2. The zero-order valence-electron chi connectivity index (χ0n) is 18.2. The van der Waals surface area contributed by atoms with E-state index in [0.29, 0.717) is 31.1 Å². The Bertz CT molecular complexity index is 993. The lowest BCUT2D eigenvalue weighted by Crippen LogP contribution is -2.61. The van der Waals surface area contributed by atoms with Crippen molar-refractivity contribution < 1.29 is 14.3 Å². The third kappa shape index (κ3) is 3.53. The van der Waals surface area contributed by atoms with Gasteiger partial charge in [-0.15, -0.1) is 11.3 Å². The SMILES string of the molecule is CCN(CC)C(=O)c1cccc(-c2ccc(N3C[C@]4(CN5CCC4CC5)OC3=O)s2)c1. The van der Waals surface area contributed by atoms with Crippen LogP contribution >= 0.6 is 11.3 Å². The summed E-state index contributed by atoms with van der Waals surface area (Å²) in [5.74, 6) is 0.518. The van der Waals surface area contributed by atoms with E-state index in [4.69, 9.17) is 4.74 Å². The van der Waals surface area contributed by atoms with Gasteiger partial charge in [-0.3, -0.25) is 14.6 Å². The molecule has 0 unspecified atom stereocenters. The Labute approximate surface area is 187 Å². The summed E-state index contributed by atoms with van der Waals surface area (Å²) in [6.45, 7) is 9.11. The number of fused-ring (bicyclic) bond motifs is 2. The number of rotatable bonds is 5. The molecule has 1 aromatic heterocycles. The summed E-state index contributed by atoms with van der Waals surface area (Å²) in [4.78, 5) is 32.6. The molecule has 4 aliphatic rings. The quantitative estimate of drug-likeness (QED) is 0.696. The molecule has 2 amide bonds. The Morgan fingerprint density at radius 3 is 2.61 bits per heavy atom. The number of benzene rings is 1. The van der Waals surface area contributed by atoms with Crippen LogP contribution in [0.25, 0.3) is 10.4 Å². The number of hydrogen-bond donors (Lipinski definition) is 0. The Morgan fingerprint density at radius 1 is 1.16 bits per heavy atom. The first kappa shape index (κ1) is 20.5. The number of amides is 2. The first-order chi connectivity index (χ1) is 15.0. The van der Waals surface area contributed by atoms with Crippen LogP contribution in [-0.2, 0) is 4.74 Å². The van der Waals surface area contributed by atoms with Gasteiger partial charge in [-0.05, 0) is 69.6 Å². The molecule has 2 bridgehead atoms. The molecule has 0 radical (unpaired) electrons. The molecule has 0 aliphatic carbocycles. The third-order valence-electron chi connectivity index (χ3n) is 7.06. The van der Waals surface area contributed by atoms with Crippen LogP contribution in [0.2, 0.25) is 0 Å². The van der Waals surface area contributed by atoms with E-state index in [-0.39, 0.29) is 17.6 Å². The fourth-order valence-corrected chi connectivity index (χ4v) is 6.30. The van der Waals surface area contributed by atoms with Gasteiger partial charge in [-0.1, -0.05) is 12.1 Å². The molecule has 2 aromatic rings. The van der Waals surface area contributed by atoms with Gasteiger partial charge in [0.2, 0.25) is 0 Å². The predicted molar refractivity (Wildman–Crippen MR) is 123 cm³/mol. The molecule has 1 atom stereocenters. The Hall–Kier alpha value is -2.38. The van der Waals surface area contributed by atoms with Gasteiger partial charge in [-0.25, -0.2) is 4.79 Å². The Balaban J connectivity index is 1.37. The normalized spacial score (nSPS) is 27.0. The van der Waals surface area contributed by atoms with E-state index >= 15 is 0 Å². The van der Waals surface area contributed by atoms with Gasteiger partial charge >= 0.3 is 6.09 Å². The fourth-order valence-electron chi connectivity index (χ4n) is 5.31. The van der Waals surface area contributed by atoms with Crippen molar-refractivity contribution in [2.75, 3.05) is 44.2 Å². The molecule has 0 saturated carbocycles. The summed E-state index contributed by atoms with van der Waals surface area (Å²) in [7, 11) is 0.